The van der Waals surface area contributed by atoms with Crippen molar-refractivity contribution < 1.29 is 0 Å². The van der Waals surface area contributed by atoms with Gasteiger partial charge in [0.25, 0.3) is 0 Å². The summed E-state index contributed by atoms with van der Waals surface area (Å²) in [5.74, 6) is 0. The summed E-state index contributed by atoms with van der Waals surface area (Å²) in [6.45, 7) is 12.8. The van der Waals surface area contributed by atoms with Gasteiger partial charge in [-0.3, -0.25) is 0 Å². The molecule has 0 spiro atoms. The summed E-state index contributed by atoms with van der Waals surface area (Å²) in [5.41, 5.74) is 4.54. The largest absolute Gasteiger partial charge is 0.128 e. The summed E-state index contributed by atoms with van der Waals surface area (Å²) >= 11 is 0. The van der Waals surface area contributed by atoms with Crippen LogP contribution in [0.3, 0.4) is 0 Å². The van der Waals surface area contributed by atoms with Crippen LogP contribution in [-0.2, 0) is 0 Å². The van der Waals surface area contributed by atoms with Gasteiger partial charge in [0, 0.05) is 0 Å². The van der Waals surface area contributed by atoms with Gasteiger partial charge in [-0.15, -0.1) is 5.73 Å². The minimum Gasteiger partial charge on any atom is -0.128 e. The zero-order valence-corrected chi connectivity index (χ0v) is 6.35. The molecule has 0 saturated carbocycles. The van der Waals surface area contributed by atoms with E-state index < -0.39 is 0 Å². The van der Waals surface area contributed by atoms with Crippen molar-refractivity contribution in [2.24, 2.45) is 0 Å². The molecular weight excluding hydrogens is 120 g/mol. The Labute approximate surface area is 62.6 Å². The Bertz CT molecular complexity index is 210. The van der Waals surface area contributed by atoms with Crippen molar-refractivity contribution in [3.63, 3.8) is 0 Å². The lowest BCUT2D eigenvalue weighted by molar-refractivity contribution is 1.55. The SMILES string of the molecule is C=C=CC(=C)/C=C\C(=C)C. The topological polar surface area (TPSA) is 0 Å². The maximum Gasteiger partial charge on any atom is -0.0139 e. The molecular formula is C10H12. The maximum absolute atomic E-state index is 3.73. The number of hydrogen-bond donors (Lipinski definition) is 0. The van der Waals surface area contributed by atoms with Gasteiger partial charge in [-0.25, -0.2) is 0 Å². The van der Waals surface area contributed by atoms with Gasteiger partial charge in [0.05, 0.1) is 0 Å². The molecule has 0 aliphatic heterocycles. The van der Waals surface area contributed by atoms with Crippen molar-refractivity contribution in [1.29, 1.82) is 0 Å². The van der Waals surface area contributed by atoms with Crippen molar-refractivity contribution >= 4 is 0 Å². The number of rotatable bonds is 3. The van der Waals surface area contributed by atoms with Crippen LogP contribution < -0.4 is 0 Å². The van der Waals surface area contributed by atoms with Crippen LogP contribution in [0.15, 0.2) is 54.8 Å². The summed E-state index contributed by atoms with van der Waals surface area (Å²) in [5, 5.41) is 0. The Morgan fingerprint density at radius 3 is 2.30 bits per heavy atom. The van der Waals surface area contributed by atoms with Crippen molar-refractivity contribution in [3.05, 3.63) is 54.8 Å². The van der Waals surface area contributed by atoms with Crippen molar-refractivity contribution in [2.75, 3.05) is 0 Å². The molecule has 0 bridgehead atoms. The molecule has 0 nitrogen and oxygen atoms in total. The predicted octanol–water partition coefficient (Wildman–Crippen LogP) is 3.02. The first-order chi connectivity index (χ1) is 4.66. The third-order valence-corrected chi connectivity index (χ3v) is 0.869. The van der Waals surface area contributed by atoms with Crippen LogP contribution in [0, 0.1) is 0 Å². The van der Waals surface area contributed by atoms with Crippen LogP contribution >= 0.6 is 0 Å². The summed E-state index contributed by atoms with van der Waals surface area (Å²) in [4.78, 5) is 0. The number of allylic oxidation sites excluding steroid dienone is 5. The van der Waals surface area contributed by atoms with Crippen molar-refractivity contribution in [2.45, 2.75) is 6.92 Å². The molecule has 0 aliphatic rings. The number of hydrogen-bond acceptors (Lipinski definition) is 0. The van der Waals surface area contributed by atoms with Gasteiger partial charge >= 0.3 is 0 Å². The second-order valence-corrected chi connectivity index (χ2v) is 2.10. The van der Waals surface area contributed by atoms with Crippen LogP contribution in [0.2, 0.25) is 0 Å². The predicted molar refractivity (Wildman–Crippen MR) is 46.8 cm³/mol. The van der Waals surface area contributed by atoms with E-state index in [1.165, 1.54) is 0 Å². The second-order valence-electron chi connectivity index (χ2n) is 2.10. The van der Waals surface area contributed by atoms with Crippen LogP contribution in [0.5, 0.6) is 0 Å². The quantitative estimate of drug-likeness (QED) is 0.409. The summed E-state index contributed by atoms with van der Waals surface area (Å²) in [6.07, 6.45) is 5.50. The summed E-state index contributed by atoms with van der Waals surface area (Å²) in [7, 11) is 0. The van der Waals surface area contributed by atoms with Crippen LogP contribution in [0.1, 0.15) is 6.92 Å². The van der Waals surface area contributed by atoms with Crippen molar-refractivity contribution in [1.82, 2.24) is 0 Å². The smallest absolute Gasteiger partial charge is 0.0139 e. The highest BCUT2D eigenvalue weighted by Crippen LogP contribution is 1.97. The van der Waals surface area contributed by atoms with E-state index in [2.05, 4.69) is 25.5 Å². The molecule has 10 heavy (non-hydrogen) atoms. The highest BCUT2D eigenvalue weighted by molar-refractivity contribution is 5.30. The van der Waals surface area contributed by atoms with Gasteiger partial charge in [-0.1, -0.05) is 37.5 Å². The first-order valence-corrected chi connectivity index (χ1v) is 3.05. The fourth-order valence-corrected chi connectivity index (χ4v) is 0.429. The maximum atomic E-state index is 3.73. The van der Waals surface area contributed by atoms with Gasteiger partial charge in [0.15, 0.2) is 0 Å². The van der Waals surface area contributed by atoms with Crippen LogP contribution in [0.4, 0.5) is 0 Å². The first-order valence-electron chi connectivity index (χ1n) is 3.05. The van der Waals surface area contributed by atoms with Crippen molar-refractivity contribution in [3.8, 4) is 0 Å². The molecule has 0 fully saturated rings. The minimum absolute atomic E-state index is 0.887. The fraction of sp³-hybridized carbons (Fsp3) is 0.100. The van der Waals surface area contributed by atoms with E-state index in [-0.39, 0.29) is 0 Å². The normalized spacial score (nSPS) is 8.90. The molecule has 0 heterocycles. The average Bonchev–Trinajstić information content (AvgIpc) is 1.85. The first kappa shape index (κ1) is 8.74. The zero-order valence-electron chi connectivity index (χ0n) is 6.35. The van der Waals surface area contributed by atoms with Gasteiger partial charge in [0.1, 0.15) is 0 Å². The molecule has 0 aromatic heterocycles. The molecule has 0 rings (SSSR count). The Kier molecular flexibility index (Phi) is 4.02. The van der Waals surface area contributed by atoms with E-state index in [9.17, 15) is 0 Å². The van der Waals surface area contributed by atoms with Gasteiger partial charge < -0.3 is 0 Å². The van der Waals surface area contributed by atoms with E-state index >= 15 is 0 Å². The van der Waals surface area contributed by atoms with E-state index in [0.717, 1.165) is 11.1 Å². The average molecular weight is 132 g/mol. The van der Waals surface area contributed by atoms with E-state index in [1.807, 2.05) is 19.1 Å². The Morgan fingerprint density at radius 2 is 1.90 bits per heavy atom. The lowest BCUT2D eigenvalue weighted by atomic mass is 10.2. The third-order valence-electron chi connectivity index (χ3n) is 0.869. The highest BCUT2D eigenvalue weighted by atomic mass is 13.8. The lowest BCUT2D eigenvalue weighted by Crippen LogP contribution is -1.65. The Morgan fingerprint density at radius 1 is 1.30 bits per heavy atom. The molecule has 0 aliphatic carbocycles. The van der Waals surface area contributed by atoms with E-state index in [4.69, 9.17) is 0 Å². The van der Waals surface area contributed by atoms with Crippen LogP contribution in [0.25, 0.3) is 0 Å². The summed E-state index contributed by atoms with van der Waals surface area (Å²) in [6, 6.07) is 0. The molecule has 0 heteroatoms. The Balaban J connectivity index is 4.02. The molecule has 0 atom stereocenters. The standard InChI is InChI=1S/C10H12/c1-5-6-10(4)8-7-9(2)3/h6-8H,1-2,4H2,3H3/b8-7-. The summed E-state index contributed by atoms with van der Waals surface area (Å²) < 4.78 is 0. The molecule has 0 aromatic carbocycles. The zero-order chi connectivity index (χ0) is 7.98. The molecule has 0 N–H and O–H groups in total. The molecule has 0 saturated heterocycles. The minimum atomic E-state index is 0.887. The monoisotopic (exact) mass is 132 g/mol. The van der Waals surface area contributed by atoms with E-state index in [1.54, 1.807) is 6.08 Å². The Hall–Kier alpha value is -1.26. The molecule has 52 valence electrons. The van der Waals surface area contributed by atoms with Gasteiger partial charge in [-0.2, -0.15) is 0 Å². The fourth-order valence-electron chi connectivity index (χ4n) is 0.429. The molecule has 0 aromatic rings. The molecule has 0 radical (unpaired) electrons. The molecule has 0 amide bonds. The lowest BCUT2D eigenvalue weighted by Gasteiger charge is -1.85. The van der Waals surface area contributed by atoms with Gasteiger partial charge in [-0.05, 0) is 18.6 Å². The third kappa shape index (κ3) is 4.89. The van der Waals surface area contributed by atoms with E-state index in [0.29, 0.717) is 0 Å². The molecule has 0 unspecified atom stereocenters. The van der Waals surface area contributed by atoms with Gasteiger partial charge in [0.2, 0.25) is 0 Å². The van der Waals surface area contributed by atoms with Crippen LogP contribution in [-0.4, -0.2) is 0 Å². The highest BCUT2D eigenvalue weighted by Gasteiger charge is 1.77. The second kappa shape index (κ2) is 4.60.